The van der Waals surface area contributed by atoms with Crippen LogP contribution in [0.5, 0.6) is 5.75 Å². The highest BCUT2D eigenvalue weighted by atomic mass is 32.2. The topological polar surface area (TPSA) is 92.6 Å². The quantitative estimate of drug-likeness (QED) is 0.812. The summed E-state index contributed by atoms with van der Waals surface area (Å²) < 4.78 is 32.7. The molecule has 8 heteroatoms. The molecular formula is C19H25N3O4S. The summed E-state index contributed by atoms with van der Waals surface area (Å²) in [6.07, 6.45) is 2.99. The molecule has 1 fully saturated rings. The molecular weight excluding hydrogens is 366 g/mol. The van der Waals surface area contributed by atoms with Crippen molar-refractivity contribution in [2.75, 3.05) is 19.7 Å². The Morgan fingerprint density at radius 1 is 1.22 bits per heavy atom. The minimum Gasteiger partial charge on any atom is -0.494 e. The summed E-state index contributed by atoms with van der Waals surface area (Å²) >= 11 is 0. The Hall–Kier alpha value is -2.03. The summed E-state index contributed by atoms with van der Waals surface area (Å²) in [5.41, 5.74) is 1.55. The predicted octanol–water partition coefficient (Wildman–Crippen LogP) is 2.24. The molecule has 0 radical (unpaired) electrons. The second-order valence-corrected chi connectivity index (χ2v) is 8.51. The zero-order valence-corrected chi connectivity index (χ0v) is 16.4. The van der Waals surface area contributed by atoms with E-state index < -0.39 is 10.0 Å². The fourth-order valence-electron chi connectivity index (χ4n) is 3.38. The van der Waals surface area contributed by atoms with Gasteiger partial charge in [0.1, 0.15) is 11.6 Å². The van der Waals surface area contributed by atoms with Crippen LogP contribution in [0.15, 0.2) is 35.4 Å². The van der Waals surface area contributed by atoms with Crippen LogP contribution in [0, 0.1) is 6.92 Å². The number of aryl methyl sites for hydroxylation is 1. The molecule has 0 unspecified atom stereocenters. The molecule has 7 nitrogen and oxygen atoms in total. The number of aromatic nitrogens is 2. The number of hydrogen-bond acceptors (Lipinski definition) is 6. The summed E-state index contributed by atoms with van der Waals surface area (Å²) in [6.45, 7) is 4.98. The minimum absolute atomic E-state index is 0.111. The summed E-state index contributed by atoms with van der Waals surface area (Å²) in [6, 6.07) is 6.54. The number of benzene rings is 1. The third-order valence-electron chi connectivity index (χ3n) is 4.80. The molecule has 0 saturated carbocycles. The molecule has 2 heterocycles. The zero-order valence-electron chi connectivity index (χ0n) is 15.6. The van der Waals surface area contributed by atoms with Crippen molar-refractivity contribution < 1.29 is 18.3 Å². The van der Waals surface area contributed by atoms with Gasteiger partial charge >= 0.3 is 0 Å². The number of sulfonamides is 1. The van der Waals surface area contributed by atoms with E-state index in [1.807, 2.05) is 13.8 Å². The van der Waals surface area contributed by atoms with Gasteiger partial charge in [-0.3, -0.25) is 0 Å². The highest BCUT2D eigenvalue weighted by molar-refractivity contribution is 7.89. The van der Waals surface area contributed by atoms with Gasteiger partial charge in [0.15, 0.2) is 0 Å². The van der Waals surface area contributed by atoms with Crippen LogP contribution in [0.3, 0.4) is 0 Å². The first-order chi connectivity index (χ1) is 13.0. The first-order valence-electron chi connectivity index (χ1n) is 9.12. The zero-order chi connectivity index (χ0) is 19.4. The lowest BCUT2D eigenvalue weighted by Crippen LogP contribution is -2.38. The van der Waals surface area contributed by atoms with Crippen molar-refractivity contribution in [2.45, 2.75) is 44.1 Å². The summed E-state index contributed by atoms with van der Waals surface area (Å²) in [5, 5.41) is 9.53. The standard InChI is InChI=1S/C19H25N3O4S/c1-3-26-17-4-6-18(7-5-17)27(24,25)22-10-8-15(9-11-22)19-16(13-23)12-20-14(2)21-19/h4-7,12,15,23H,3,8-11,13H2,1-2H3. The highest BCUT2D eigenvalue weighted by Crippen LogP contribution is 2.31. The average molecular weight is 391 g/mol. The number of nitrogens with zero attached hydrogens (tertiary/aromatic N) is 3. The summed E-state index contributed by atoms with van der Waals surface area (Å²) in [5.74, 6) is 1.44. The Morgan fingerprint density at radius 3 is 2.48 bits per heavy atom. The fraction of sp³-hybridized carbons (Fsp3) is 0.474. The maximum atomic E-state index is 12.9. The van der Waals surface area contributed by atoms with E-state index in [9.17, 15) is 13.5 Å². The number of hydrogen-bond donors (Lipinski definition) is 1. The second kappa shape index (κ2) is 8.33. The lowest BCUT2D eigenvalue weighted by Gasteiger charge is -2.31. The lowest BCUT2D eigenvalue weighted by atomic mass is 9.92. The smallest absolute Gasteiger partial charge is 0.243 e. The molecule has 3 rings (SSSR count). The highest BCUT2D eigenvalue weighted by Gasteiger charge is 2.31. The van der Waals surface area contributed by atoms with Gasteiger partial charge in [0, 0.05) is 30.8 Å². The van der Waals surface area contributed by atoms with Crippen LogP contribution in [-0.2, 0) is 16.6 Å². The van der Waals surface area contributed by atoms with Crippen molar-refractivity contribution in [3.63, 3.8) is 0 Å². The fourth-order valence-corrected chi connectivity index (χ4v) is 4.85. The molecule has 0 atom stereocenters. The van der Waals surface area contributed by atoms with Crippen LogP contribution >= 0.6 is 0 Å². The van der Waals surface area contributed by atoms with E-state index in [1.54, 1.807) is 30.5 Å². The van der Waals surface area contributed by atoms with E-state index in [0.717, 1.165) is 5.69 Å². The Kier molecular flexibility index (Phi) is 6.08. The Morgan fingerprint density at radius 2 is 1.89 bits per heavy atom. The van der Waals surface area contributed by atoms with Crippen LogP contribution in [0.4, 0.5) is 0 Å². The summed E-state index contributed by atoms with van der Waals surface area (Å²) in [7, 11) is -3.53. The second-order valence-electron chi connectivity index (χ2n) is 6.57. The number of ether oxygens (including phenoxy) is 1. The SMILES string of the molecule is CCOc1ccc(S(=O)(=O)N2CCC(c3nc(C)ncc3CO)CC2)cc1. The lowest BCUT2D eigenvalue weighted by molar-refractivity contribution is 0.272. The first kappa shape index (κ1) is 19.7. The van der Waals surface area contributed by atoms with E-state index in [4.69, 9.17) is 4.74 Å². The van der Waals surface area contributed by atoms with Crippen LogP contribution in [0.2, 0.25) is 0 Å². The van der Waals surface area contributed by atoms with Crippen LogP contribution in [0.25, 0.3) is 0 Å². The molecule has 1 aromatic heterocycles. The molecule has 1 aliphatic rings. The van der Waals surface area contributed by atoms with Crippen molar-refractivity contribution in [1.29, 1.82) is 0 Å². The number of aliphatic hydroxyl groups is 1. The van der Waals surface area contributed by atoms with Gasteiger partial charge in [-0.2, -0.15) is 4.31 Å². The van der Waals surface area contributed by atoms with Gasteiger partial charge in [0.2, 0.25) is 10.0 Å². The molecule has 27 heavy (non-hydrogen) atoms. The third kappa shape index (κ3) is 4.28. The Bertz CT molecular complexity index is 876. The van der Waals surface area contributed by atoms with E-state index in [1.165, 1.54) is 4.31 Å². The molecule has 0 amide bonds. The maximum absolute atomic E-state index is 12.9. The molecule has 1 saturated heterocycles. The third-order valence-corrected chi connectivity index (χ3v) is 6.71. The van der Waals surface area contributed by atoms with Gasteiger partial charge < -0.3 is 9.84 Å². The molecule has 1 aromatic carbocycles. The Balaban J connectivity index is 1.72. The van der Waals surface area contributed by atoms with E-state index in [2.05, 4.69) is 9.97 Å². The molecule has 1 aliphatic heterocycles. The average Bonchev–Trinajstić information content (AvgIpc) is 2.69. The Labute approximate surface area is 160 Å². The maximum Gasteiger partial charge on any atom is 0.243 e. The molecule has 0 aliphatic carbocycles. The molecule has 0 spiro atoms. The molecule has 0 bridgehead atoms. The number of aliphatic hydroxyl groups excluding tert-OH is 1. The van der Waals surface area contributed by atoms with Crippen LogP contribution in [-0.4, -0.2) is 47.5 Å². The largest absolute Gasteiger partial charge is 0.494 e. The van der Waals surface area contributed by atoms with Crippen molar-refractivity contribution in [3.05, 3.63) is 47.5 Å². The van der Waals surface area contributed by atoms with Crippen molar-refractivity contribution >= 4 is 10.0 Å². The van der Waals surface area contributed by atoms with E-state index in [-0.39, 0.29) is 17.4 Å². The van der Waals surface area contributed by atoms with Gasteiger partial charge in [-0.05, 0) is 51.0 Å². The van der Waals surface area contributed by atoms with Gasteiger partial charge in [-0.25, -0.2) is 18.4 Å². The minimum atomic E-state index is -3.53. The number of rotatable bonds is 6. The van der Waals surface area contributed by atoms with E-state index >= 15 is 0 Å². The van der Waals surface area contributed by atoms with Gasteiger partial charge in [0.05, 0.1) is 23.8 Å². The normalized spacial score (nSPS) is 16.4. The van der Waals surface area contributed by atoms with Gasteiger partial charge in [0.25, 0.3) is 0 Å². The van der Waals surface area contributed by atoms with Gasteiger partial charge in [-0.15, -0.1) is 0 Å². The van der Waals surface area contributed by atoms with Crippen molar-refractivity contribution in [2.24, 2.45) is 0 Å². The molecule has 2 aromatic rings. The van der Waals surface area contributed by atoms with Crippen molar-refractivity contribution in [1.82, 2.24) is 14.3 Å². The monoisotopic (exact) mass is 391 g/mol. The van der Waals surface area contributed by atoms with Gasteiger partial charge in [-0.1, -0.05) is 0 Å². The molecule has 146 valence electrons. The predicted molar refractivity (Wildman–Crippen MR) is 101 cm³/mol. The summed E-state index contributed by atoms with van der Waals surface area (Å²) in [4.78, 5) is 8.90. The number of piperidine rings is 1. The molecule has 1 N–H and O–H groups in total. The van der Waals surface area contributed by atoms with Crippen molar-refractivity contribution in [3.8, 4) is 5.75 Å². The first-order valence-corrected chi connectivity index (χ1v) is 10.6. The van der Waals surface area contributed by atoms with E-state index in [0.29, 0.717) is 49.7 Å². The van der Waals surface area contributed by atoms with Crippen LogP contribution in [0.1, 0.15) is 42.8 Å². The van der Waals surface area contributed by atoms with Crippen LogP contribution < -0.4 is 4.74 Å².